The highest BCUT2D eigenvalue weighted by atomic mass is 19.4. The lowest BCUT2D eigenvalue weighted by atomic mass is 9.80. The highest BCUT2D eigenvalue weighted by Gasteiger charge is 2.58. The minimum Gasteiger partial charge on any atom is -0.416 e. The summed E-state index contributed by atoms with van der Waals surface area (Å²) >= 11 is 0. The van der Waals surface area contributed by atoms with E-state index in [2.05, 4.69) is 15.2 Å². The van der Waals surface area contributed by atoms with Crippen molar-refractivity contribution in [3.05, 3.63) is 23.2 Å². The van der Waals surface area contributed by atoms with Crippen LogP contribution in [0.4, 0.5) is 32.0 Å². The smallest absolute Gasteiger partial charge is 0.416 e. The molecular weight excluding hydrogens is 446 g/mol. The van der Waals surface area contributed by atoms with Crippen LogP contribution in [-0.4, -0.2) is 32.2 Å². The number of aromatic nitrogens is 3. The monoisotopic (exact) mass is 466 g/mol. The fourth-order valence-electron chi connectivity index (χ4n) is 3.50. The van der Waals surface area contributed by atoms with Gasteiger partial charge in [-0.3, -0.25) is 4.79 Å². The summed E-state index contributed by atoms with van der Waals surface area (Å²) in [6.07, 6.45) is -10.5. The molecule has 3 rings (SSSR count). The summed E-state index contributed by atoms with van der Waals surface area (Å²) in [7, 11) is 0. The predicted molar refractivity (Wildman–Crippen MR) is 98.1 cm³/mol. The second-order valence-electron chi connectivity index (χ2n) is 8.36. The molecule has 0 aromatic carbocycles. The fraction of sp³-hybridized carbons (Fsp3) is 0.579. The van der Waals surface area contributed by atoms with Gasteiger partial charge in [0.1, 0.15) is 5.69 Å². The number of carbonyl (C=O) groups excluding carboxylic acids is 1. The first-order chi connectivity index (χ1) is 14.6. The van der Waals surface area contributed by atoms with Crippen LogP contribution in [0.15, 0.2) is 10.5 Å². The van der Waals surface area contributed by atoms with Gasteiger partial charge >= 0.3 is 12.4 Å². The Balaban J connectivity index is 2.27. The van der Waals surface area contributed by atoms with Gasteiger partial charge in [-0.2, -0.15) is 26.3 Å². The molecule has 0 fully saturated rings. The van der Waals surface area contributed by atoms with E-state index in [1.165, 1.54) is 13.8 Å². The van der Waals surface area contributed by atoms with Crippen molar-refractivity contribution < 1.29 is 40.7 Å². The molecular formula is C19H20F6N4O3. The number of anilines is 1. The van der Waals surface area contributed by atoms with Gasteiger partial charge in [0.2, 0.25) is 5.60 Å². The number of aliphatic hydroxyl groups is 1. The first-order valence-corrected chi connectivity index (χ1v) is 9.64. The number of halogens is 6. The van der Waals surface area contributed by atoms with Gasteiger partial charge in [-0.1, -0.05) is 26.7 Å². The van der Waals surface area contributed by atoms with Crippen LogP contribution in [0.3, 0.4) is 0 Å². The highest BCUT2D eigenvalue weighted by Crippen LogP contribution is 2.44. The number of ketones is 1. The number of fused-ring (bicyclic) bond motifs is 5. The number of pyridine rings is 1. The molecule has 0 amide bonds. The van der Waals surface area contributed by atoms with Gasteiger partial charge in [0, 0.05) is 5.41 Å². The maximum Gasteiger partial charge on any atom is 0.426 e. The summed E-state index contributed by atoms with van der Waals surface area (Å²) in [5.74, 6) is -2.85. The number of rotatable bonds is 0. The normalized spacial score (nSPS) is 22.5. The summed E-state index contributed by atoms with van der Waals surface area (Å²) < 4.78 is 86.7. The van der Waals surface area contributed by atoms with E-state index < -0.39 is 70.0 Å². The van der Waals surface area contributed by atoms with E-state index in [-0.39, 0.29) is 25.7 Å². The average molecular weight is 466 g/mol. The second kappa shape index (κ2) is 7.71. The van der Waals surface area contributed by atoms with Crippen molar-refractivity contribution in [3.8, 4) is 11.6 Å². The molecule has 2 aromatic rings. The van der Waals surface area contributed by atoms with E-state index in [0.717, 1.165) is 0 Å². The Morgan fingerprint density at radius 3 is 2.25 bits per heavy atom. The highest BCUT2D eigenvalue weighted by molar-refractivity contribution is 6.00. The number of hydrogen-bond donors (Lipinski definition) is 2. The minimum atomic E-state index is -5.16. The molecule has 2 aromatic heterocycles. The third-order valence-electron chi connectivity index (χ3n) is 5.48. The first-order valence-electron chi connectivity index (χ1n) is 9.64. The lowest BCUT2D eigenvalue weighted by Gasteiger charge is -2.28. The lowest BCUT2D eigenvalue weighted by molar-refractivity contribution is -0.277. The van der Waals surface area contributed by atoms with Crippen LogP contribution in [0.25, 0.3) is 11.6 Å². The lowest BCUT2D eigenvalue weighted by Crippen LogP contribution is -2.42. The van der Waals surface area contributed by atoms with Gasteiger partial charge in [0.15, 0.2) is 11.5 Å². The number of nitrogen functional groups attached to an aromatic ring is 1. The maximum absolute atomic E-state index is 13.6. The number of alkyl halides is 6. The zero-order chi connectivity index (χ0) is 24.1. The average Bonchev–Trinajstić information content (AvgIpc) is 3.14. The summed E-state index contributed by atoms with van der Waals surface area (Å²) in [5, 5.41) is 17.0. The van der Waals surface area contributed by atoms with E-state index in [9.17, 15) is 36.2 Å². The van der Waals surface area contributed by atoms with Gasteiger partial charge < -0.3 is 15.3 Å². The molecule has 3 N–H and O–H groups in total. The zero-order valence-corrected chi connectivity index (χ0v) is 17.1. The molecule has 0 spiro atoms. The van der Waals surface area contributed by atoms with Crippen molar-refractivity contribution in [2.24, 2.45) is 5.41 Å². The number of carbonyl (C=O) groups is 1. The molecule has 32 heavy (non-hydrogen) atoms. The number of nitrogens with two attached hydrogens (primary N) is 1. The third kappa shape index (κ3) is 4.17. The quantitative estimate of drug-likeness (QED) is 0.543. The molecule has 0 saturated heterocycles. The van der Waals surface area contributed by atoms with Crippen LogP contribution in [0.5, 0.6) is 0 Å². The molecule has 176 valence electrons. The molecule has 0 saturated carbocycles. The van der Waals surface area contributed by atoms with Crippen molar-refractivity contribution in [3.63, 3.8) is 0 Å². The Labute approximate surface area is 178 Å². The van der Waals surface area contributed by atoms with E-state index in [4.69, 9.17) is 10.2 Å². The van der Waals surface area contributed by atoms with E-state index in [1.54, 1.807) is 0 Å². The van der Waals surface area contributed by atoms with Gasteiger partial charge in [0.05, 0.1) is 11.3 Å². The van der Waals surface area contributed by atoms with E-state index in [1.807, 2.05) is 0 Å². The van der Waals surface area contributed by atoms with Crippen LogP contribution in [0, 0.1) is 5.41 Å². The number of hydrogen-bond acceptors (Lipinski definition) is 7. The molecule has 3 heterocycles. The van der Waals surface area contributed by atoms with Gasteiger partial charge in [-0.05, 0) is 25.3 Å². The standard InChI is InChI=1S/C19H20F6N4O3/c1-16(2)6-4-3-5-7-17(31,19(23,24)25)15-29-28-14(32-15)12-10(26)8-9(18(20,21)22)11(27-12)13(16)30/h8,31H,3-7,26H2,1-2H3/t17-/m1/s1. The predicted octanol–water partition coefficient (Wildman–Crippen LogP) is 4.66. The molecule has 0 aliphatic carbocycles. The van der Waals surface area contributed by atoms with Crippen LogP contribution in [0.1, 0.15) is 67.9 Å². The third-order valence-corrected chi connectivity index (χ3v) is 5.48. The van der Waals surface area contributed by atoms with Crippen molar-refractivity contribution in [2.45, 2.75) is 63.9 Å². The summed E-state index contributed by atoms with van der Waals surface area (Å²) in [4.78, 5) is 16.7. The van der Waals surface area contributed by atoms with E-state index in [0.29, 0.717) is 6.07 Å². The molecule has 4 bridgehead atoms. The van der Waals surface area contributed by atoms with Crippen LogP contribution < -0.4 is 5.73 Å². The molecule has 1 aliphatic rings. The molecule has 1 aliphatic heterocycles. The Morgan fingerprint density at radius 2 is 1.66 bits per heavy atom. The van der Waals surface area contributed by atoms with Crippen molar-refractivity contribution in [2.75, 3.05) is 5.73 Å². The summed E-state index contributed by atoms with van der Waals surface area (Å²) in [6, 6.07) is 0.456. The second-order valence-corrected chi connectivity index (χ2v) is 8.36. The Bertz CT molecular complexity index is 1030. The van der Waals surface area contributed by atoms with Crippen molar-refractivity contribution >= 4 is 11.5 Å². The minimum absolute atomic E-state index is 0.0906. The van der Waals surface area contributed by atoms with Gasteiger partial charge in [-0.25, -0.2) is 4.98 Å². The summed E-state index contributed by atoms with van der Waals surface area (Å²) in [6.45, 7) is 2.85. The SMILES string of the molecule is CC1(C)CCCCC[C@](O)(C(F)(F)F)c2nnc(o2)-c2nc(c(C(F)(F)F)cc2N)C1=O. The molecule has 7 nitrogen and oxygen atoms in total. The van der Waals surface area contributed by atoms with Crippen LogP contribution >= 0.6 is 0 Å². The van der Waals surface area contributed by atoms with Crippen molar-refractivity contribution in [1.29, 1.82) is 0 Å². The van der Waals surface area contributed by atoms with Gasteiger partial charge in [0.25, 0.3) is 11.8 Å². The Morgan fingerprint density at radius 1 is 1.03 bits per heavy atom. The van der Waals surface area contributed by atoms with Crippen LogP contribution in [0.2, 0.25) is 0 Å². The molecule has 0 radical (unpaired) electrons. The first kappa shape index (κ1) is 24.0. The zero-order valence-electron chi connectivity index (χ0n) is 17.1. The summed E-state index contributed by atoms with van der Waals surface area (Å²) in [5.41, 5.74) is -2.66. The number of Topliss-reactive ketones (excluding diaryl/α,β-unsaturated/α-hetero) is 1. The Hall–Kier alpha value is -2.70. The largest absolute Gasteiger partial charge is 0.426 e. The number of nitrogens with zero attached hydrogens (tertiary/aromatic N) is 3. The molecule has 1 atom stereocenters. The Kier molecular flexibility index (Phi) is 5.77. The topological polar surface area (TPSA) is 115 Å². The molecule has 0 unspecified atom stereocenters. The maximum atomic E-state index is 13.6. The van der Waals surface area contributed by atoms with Crippen LogP contribution in [-0.2, 0) is 11.8 Å². The van der Waals surface area contributed by atoms with E-state index >= 15 is 0 Å². The van der Waals surface area contributed by atoms with Gasteiger partial charge in [-0.15, -0.1) is 10.2 Å². The van der Waals surface area contributed by atoms with Crippen molar-refractivity contribution in [1.82, 2.24) is 15.2 Å². The fourth-order valence-corrected chi connectivity index (χ4v) is 3.50. The molecule has 13 heteroatoms.